The van der Waals surface area contributed by atoms with Crippen LogP contribution in [-0.2, 0) is 17.9 Å². The van der Waals surface area contributed by atoms with Gasteiger partial charge in [-0.05, 0) is 28.8 Å². The summed E-state index contributed by atoms with van der Waals surface area (Å²) in [4.78, 5) is 37.7. The highest BCUT2D eigenvalue weighted by atomic mass is 16.5. The summed E-state index contributed by atoms with van der Waals surface area (Å²) in [6.07, 6.45) is 4.31. The predicted octanol–water partition coefficient (Wildman–Crippen LogP) is 4.20. The molecule has 1 heterocycles. The molecule has 9 nitrogen and oxygen atoms in total. The Bertz CT molecular complexity index is 1360. The first-order valence-electron chi connectivity index (χ1n) is 12.3. The molecule has 0 radical (unpaired) electrons. The highest BCUT2D eigenvalue weighted by Crippen LogP contribution is 2.41. The van der Waals surface area contributed by atoms with Crippen molar-refractivity contribution in [2.75, 3.05) is 21.3 Å². The van der Waals surface area contributed by atoms with Crippen molar-refractivity contribution in [2.24, 2.45) is 0 Å². The van der Waals surface area contributed by atoms with Gasteiger partial charge in [-0.1, -0.05) is 60.7 Å². The lowest BCUT2D eigenvalue weighted by Gasteiger charge is -2.32. The second-order valence-electron chi connectivity index (χ2n) is 8.57. The van der Waals surface area contributed by atoms with E-state index in [1.165, 1.54) is 44.8 Å². The van der Waals surface area contributed by atoms with Crippen LogP contribution in [0.2, 0.25) is 0 Å². The lowest BCUT2D eigenvalue weighted by atomic mass is 10.0. The molecule has 0 saturated heterocycles. The summed E-state index contributed by atoms with van der Waals surface area (Å²) in [5.41, 5.74) is 2.34. The number of aromatic nitrogens is 2. The molecule has 39 heavy (non-hydrogen) atoms. The van der Waals surface area contributed by atoms with Crippen LogP contribution in [0.1, 0.15) is 33.2 Å². The molecule has 2 amide bonds. The van der Waals surface area contributed by atoms with E-state index in [1.54, 1.807) is 12.1 Å². The van der Waals surface area contributed by atoms with Crippen molar-refractivity contribution in [3.63, 3.8) is 0 Å². The zero-order valence-electron chi connectivity index (χ0n) is 22.0. The van der Waals surface area contributed by atoms with Crippen LogP contribution in [0.25, 0.3) is 0 Å². The van der Waals surface area contributed by atoms with Crippen LogP contribution in [0.4, 0.5) is 0 Å². The van der Waals surface area contributed by atoms with Crippen LogP contribution in [0, 0.1) is 0 Å². The second-order valence-corrected chi connectivity index (χ2v) is 8.57. The summed E-state index contributed by atoms with van der Waals surface area (Å²) < 4.78 is 16.6. The number of hydrogen-bond acceptors (Lipinski definition) is 7. The van der Waals surface area contributed by atoms with Gasteiger partial charge in [0.05, 0.1) is 27.5 Å². The maximum Gasteiger partial charge on any atom is 0.275 e. The number of nitrogens with zero attached hydrogens (tertiary/aromatic N) is 3. The third-order valence-corrected chi connectivity index (χ3v) is 6.11. The summed E-state index contributed by atoms with van der Waals surface area (Å²) >= 11 is 0. The van der Waals surface area contributed by atoms with Crippen LogP contribution >= 0.6 is 0 Å². The van der Waals surface area contributed by atoms with Crippen molar-refractivity contribution >= 4 is 11.8 Å². The molecule has 1 aromatic heterocycles. The van der Waals surface area contributed by atoms with E-state index >= 15 is 0 Å². The fourth-order valence-corrected chi connectivity index (χ4v) is 4.23. The van der Waals surface area contributed by atoms with Crippen LogP contribution in [-0.4, -0.2) is 48.0 Å². The summed E-state index contributed by atoms with van der Waals surface area (Å²) in [5, 5.41) is 2.99. The Hall–Kier alpha value is -4.92. The Balaban J connectivity index is 1.83. The van der Waals surface area contributed by atoms with Crippen LogP contribution in [0.3, 0.4) is 0 Å². The largest absolute Gasteiger partial charge is 0.493 e. The molecule has 0 aliphatic carbocycles. The highest BCUT2D eigenvalue weighted by Gasteiger charge is 2.34. The minimum atomic E-state index is -1.07. The van der Waals surface area contributed by atoms with Gasteiger partial charge in [-0.3, -0.25) is 14.6 Å². The molecule has 0 unspecified atom stereocenters. The number of carbonyl (C=O) groups is 2. The van der Waals surface area contributed by atoms with E-state index in [1.807, 2.05) is 60.7 Å². The smallest absolute Gasteiger partial charge is 0.275 e. The fourth-order valence-electron chi connectivity index (χ4n) is 4.23. The first-order valence-corrected chi connectivity index (χ1v) is 12.3. The molecule has 0 spiro atoms. The van der Waals surface area contributed by atoms with Crippen molar-refractivity contribution in [1.29, 1.82) is 0 Å². The number of rotatable bonds is 11. The Kier molecular flexibility index (Phi) is 9.07. The Labute approximate surface area is 227 Å². The summed E-state index contributed by atoms with van der Waals surface area (Å²) in [7, 11) is 4.50. The van der Waals surface area contributed by atoms with Gasteiger partial charge in [0.2, 0.25) is 11.7 Å². The molecule has 0 saturated carbocycles. The lowest BCUT2D eigenvalue weighted by molar-refractivity contribution is -0.126. The number of methoxy groups -OCH3 is 3. The number of carbonyl (C=O) groups excluding carboxylic acids is 2. The average molecular weight is 527 g/mol. The van der Waals surface area contributed by atoms with Crippen LogP contribution in [0.15, 0.2) is 91.4 Å². The van der Waals surface area contributed by atoms with Crippen molar-refractivity contribution in [3.8, 4) is 17.2 Å². The maximum atomic E-state index is 14.0. The Morgan fingerprint density at radius 1 is 0.846 bits per heavy atom. The van der Waals surface area contributed by atoms with E-state index in [4.69, 9.17) is 14.2 Å². The monoisotopic (exact) mass is 526 g/mol. The van der Waals surface area contributed by atoms with Crippen LogP contribution < -0.4 is 19.5 Å². The minimum absolute atomic E-state index is 0.113. The topological polar surface area (TPSA) is 103 Å². The number of benzene rings is 3. The van der Waals surface area contributed by atoms with E-state index in [2.05, 4.69) is 15.3 Å². The minimum Gasteiger partial charge on any atom is -0.493 e. The van der Waals surface area contributed by atoms with Crippen molar-refractivity contribution in [2.45, 2.75) is 19.1 Å². The number of hydrogen-bond donors (Lipinski definition) is 1. The van der Waals surface area contributed by atoms with Gasteiger partial charge in [-0.2, -0.15) is 0 Å². The molecule has 3 aromatic carbocycles. The molecule has 1 N–H and O–H groups in total. The molecular formula is C30H30N4O5. The fraction of sp³-hybridized carbons (Fsp3) is 0.200. The first kappa shape index (κ1) is 27.1. The molecule has 1 atom stereocenters. The van der Waals surface area contributed by atoms with Gasteiger partial charge < -0.3 is 24.4 Å². The van der Waals surface area contributed by atoms with Gasteiger partial charge in [0.1, 0.15) is 11.7 Å². The summed E-state index contributed by atoms with van der Waals surface area (Å²) in [5.74, 6) is 0.252. The van der Waals surface area contributed by atoms with Crippen molar-refractivity contribution in [1.82, 2.24) is 20.2 Å². The summed E-state index contributed by atoms with van der Waals surface area (Å²) in [6, 6.07) is 21.3. The predicted molar refractivity (Wildman–Crippen MR) is 145 cm³/mol. The average Bonchev–Trinajstić information content (AvgIpc) is 3.00. The molecular weight excluding hydrogens is 496 g/mol. The normalized spacial score (nSPS) is 11.3. The Morgan fingerprint density at radius 2 is 1.46 bits per heavy atom. The van der Waals surface area contributed by atoms with Crippen molar-refractivity contribution in [3.05, 3.63) is 114 Å². The van der Waals surface area contributed by atoms with Gasteiger partial charge in [0, 0.05) is 25.5 Å². The van der Waals surface area contributed by atoms with E-state index < -0.39 is 11.9 Å². The number of amides is 2. The SMILES string of the molecule is COc1cc([C@H](C(=O)NCc2ccccc2)N(Cc2ccccc2)C(=O)c2cnccn2)cc(OC)c1OC. The molecule has 0 aliphatic rings. The van der Waals surface area contributed by atoms with E-state index in [-0.39, 0.29) is 24.7 Å². The highest BCUT2D eigenvalue weighted by molar-refractivity contribution is 5.96. The molecule has 9 heteroatoms. The molecule has 4 rings (SSSR count). The van der Waals surface area contributed by atoms with Gasteiger partial charge in [-0.15, -0.1) is 0 Å². The van der Waals surface area contributed by atoms with Gasteiger partial charge in [0.15, 0.2) is 11.5 Å². The van der Waals surface area contributed by atoms with E-state index in [0.717, 1.165) is 11.1 Å². The second kappa shape index (κ2) is 13.0. The third-order valence-electron chi connectivity index (χ3n) is 6.11. The summed E-state index contributed by atoms with van der Waals surface area (Å²) in [6.45, 7) is 0.412. The zero-order valence-corrected chi connectivity index (χ0v) is 22.0. The van der Waals surface area contributed by atoms with Crippen LogP contribution in [0.5, 0.6) is 17.2 Å². The van der Waals surface area contributed by atoms with E-state index in [9.17, 15) is 9.59 Å². The third kappa shape index (κ3) is 6.51. The van der Waals surface area contributed by atoms with E-state index in [0.29, 0.717) is 22.8 Å². The molecule has 0 fully saturated rings. The number of nitrogens with one attached hydrogen (secondary N) is 1. The quantitative estimate of drug-likeness (QED) is 0.312. The molecule has 4 aromatic rings. The molecule has 200 valence electrons. The van der Waals surface area contributed by atoms with Crippen molar-refractivity contribution < 1.29 is 23.8 Å². The lowest BCUT2D eigenvalue weighted by Crippen LogP contribution is -2.43. The zero-order chi connectivity index (χ0) is 27.6. The van der Waals surface area contributed by atoms with Gasteiger partial charge in [-0.25, -0.2) is 4.98 Å². The Morgan fingerprint density at radius 3 is 2.00 bits per heavy atom. The maximum absolute atomic E-state index is 14.0. The standard InChI is InChI=1S/C30H30N4O5/c1-37-25-16-23(17-26(38-2)28(25)39-3)27(29(35)33-18-21-10-6-4-7-11-21)34(20-22-12-8-5-9-13-22)30(36)24-19-31-14-15-32-24/h4-17,19,27H,18,20H2,1-3H3,(H,33,35)/t27-/m1/s1. The number of ether oxygens (including phenoxy) is 3. The van der Waals surface area contributed by atoms with Gasteiger partial charge in [0.25, 0.3) is 5.91 Å². The molecule has 0 aliphatic heterocycles. The molecule has 0 bridgehead atoms. The first-order chi connectivity index (χ1) is 19.0. The van der Waals surface area contributed by atoms with Gasteiger partial charge >= 0.3 is 0 Å².